The Kier molecular flexibility index (Phi) is 6.18. The normalized spacial score (nSPS) is 10.5. The predicted molar refractivity (Wildman–Crippen MR) is 107 cm³/mol. The van der Waals surface area contributed by atoms with Gasteiger partial charge in [0.1, 0.15) is 5.75 Å². The highest BCUT2D eigenvalue weighted by molar-refractivity contribution is 6.42. The maximum Gasteiger partial charge on any atom is 0.276 e. The molecule has 0 aliphatic carbocycles. The van der Waals surface area contributed by atoms with E-state index in [1.807, 2.05) is 0 Å². The van der Waals surface area contributed by atoms with Crippen molar-refractivity contribution >= 4 is 45.9 Å². The van der Waals surface area contributed by atoms with Crippen LogP contribution in [0.5, 0.6) is 5.75 Å². The van der Waals surface area contributed by atoms with E-state index in [1.165, 1.54) is 6.07 Å². The monoisotopic (exact) mass is 419 g/mol. The van der Waals surface area contributed by atoms with Crippen molar-refractivity contribution in [2.45, 2.75) is 6.42 Å². The number of rotatable bonds is 5. The Bertz CT molecular complexity index is 1100. The van der Waals surface area contributed by atoms with Crippen molar-refractivity contribution in [3.8, 4) is 5.75 Å². The van der Waals surface area contributed by atoms with Crippen LogP contribution in [0.1, 0.15) is 5.56 Å². The molecule has 0 unspecified atom stereocenters. The molecule has 0 fully saturated rings. The average Bonchev–Trinajstić information content (AvgIpc) is 2.67. The number of carbonyl (C=O) groups is 2. The molecule has 0 atom stereocenters. The third kappa shape index (κ3) is 5.25. The van der Waals surface area contributed by atoms with Gasteiger partial charge in [0.15, 0.2) is 6.61 Å². The number of H-pyrrole nitrogens is 1. The van der Waals surface area contributed by atoms with Gasteiger partial charge in [0.25, 0.3) is 5.91 Å². The number of amides is 2. The quantitative estimate of drug-likeness (QED) is 0.553. The number of benzene rings is 2. The highest BCUT2D eigenvalue weighted by atomic mass is 35.5. The lowest BCUT2D eigenvalue weighted by Gasteiger charge is -2.09. The van der Waals surface area contributed by atoms with Crippen molar-refractivity contribution in [3.63, 3.8) is 0 Å². The molecule has 0 spiro atoms. The highest BCUT2D eigenvalue weighted by Gasteiger charge is 2.08. The van der Waals surface area contributed by atoms with Crippen LogP contribution in [-0.4, -0.2) is 23.4 Å². The van der Waals surface area contributed by atoms with Crippen molar-refractivity contribution in [3.05, 3.63) is 74.5 Å². The molecule has 3 rings (SSSR count). The minimum absolute atomic E-state index is 0.0287. The van der Waals surface area contributed by atoms with Gasteiger partial charge in [-0.25, -0.2) is 0 Å². The summed E-state index contributed by atoms with van der Waals surface area (Å²) in [4.78, 5) is 37.7. The fourth-order valence-corrected chi connectivity index (χ4v) is 2.75. The number of pyridine rings is 1. The molecular formula is C19H15Cl2N3O4. The molecule has 0 radical (unpaired) electrons. The number of aromatic nitrogens is 1. The second kappa shape index (κ2) is 8.77. The van der Waals surface area contributed by atoms with E-state index < -0.39 is 11.8 Å². The fourth-order valence-electron chi connectivity index (χ4n) is 2.43. The Morgan fingerprint density at radius 3 is 2.50 bits per heavy atom. The predicted octanol–water partition coefficient (Wildman–Crippen LogP) is 2.60. The van der Waals surface area contributed by atoms with Gasteiger partial charge in [-0.05, 0) is 42.0 Å². The Balaban J connectivity index is 1.47. The van der Waals surface area contributed by atoms with Crippen LogP contribution in [0.3, 0.4) is 0 Å². The van der Waals surface area contributed by atoms with Gasteiger partial charge in [-0.15, -0.1) is 0 Å². The van der Waals surface area contributed by atoms with E-state index in [1.54, 1.807) is 42.5 Å². The van der Waals surface area contributed by atoms with E-state index in [-0.39, 0.29) is 18.6 Å². The molecule has 3 aromatic rings. The van der Waals surface area contributed by atoms with Crippen LogP contribution in [0.25, 0.3) is 10.9 Å². The molecule has 144 valence electrons. The zero-order chi connectivity index (χ0) is 20.1. The molecule has 3 N–H and O–H groups in total. The van der Waals surface area contributed by atoms with Crippen LogP contribution in [0, 0.1) is 0 Å². The summed E-state index contributed by atoms with van der Waals surface area (Å²) in [5.74, 6) is -0.484. The number of hydrogen-bond donors (Lipinski definition) is 3. The zero-order valence-corrected chi connectivity index (χ0v) is 15.9. The van der Waals surface area contributed by atoms with Gasteiger partial charge >= 0.3 is 0 Å². The molecule has 0 aliphatic rings. The van der Waals surface area contributed by atoms with Crippen LogP contribution >= 0.6 is 23.2 Å². The van der Waals surface area contributed by atoms with Crippen molar-refractivity contribution in [2.24, 2.45) is 0 Å². The van der Waals surface area contributed by atoms with Gasteiger partial charge in [0, 0.05) is 17.0 Å². The van der Waals surface area contributed by atoms with Gasteiger partial charge in [0.05, 0.1) is 16.5 Å². The van der Waals surface area contributed by atoms with E-state index in [2.05, 4.69) is 15.8 Å². The minimum Gasteiger partial charge on any atom is -0.484 e. The third-order valence-corrected chi connectivity index (χ3v) is 4.49. The van der Waals surface area contributed by atoms with Crippen molar-refractivity contribution in [2.75, 3.05) is 6.61 Å². The first-order valence-corrected chi connectivity index (χ1v) is 8.94. The summed E-state index contributed by atoms with van der Waals surface area (Å²) in [6, 6.07) is 12.9. The SMILES string of the molecule is O=C(COc1ccc2[nH]c(=O)ccc2c1)NNC(=O)Cc1ccc(Cl)c(Cl)c1. The second-order valence-electron chi connectivity index (χ2n) is 5.88. The van der Waals surface area contributed by atoms with E-state index in [0.717, 1.165) is 5.39 Å². The largest absolute Gasteiger partial charge is 0.484 e. The lowest BCUT2D eigenvalue weighted by atomic mass is 10.1. The smallest absolute Gasteiger partial charge is 0.276 e. The van der Waals surface area contributed by atoms with Crippen LogP contribution in [0.4, 0.5) is 0 Å². The molecular weight excluding hydrogens is 405 g/mol. The van der Waals surface area contributed by atoms with Gasteiger partial charge in [0.2, 0.25) is 11.5 Å². The molecule has 28 heavy (non-hydrogen) atoms. The van der Waals surface area contributed by atoms with Gasteiger partial charge in [-0.3, -0.25) is 25.2 Å². The first-order valence-electron chi connectivity index (χ1n) is 8.18. The van der Waals surface area contributed by atoms with E-state index in [0.29, 0.717) is 26.9 Å². The molecule has 2 aromatic carbocycles. The van der Waals surface area contributed by atoms with Gasteiger partial charge in [-0.2, -0.15) is 0 Å². The number of halogens is 2. The summed E-state index contributed by atoms with van der Waals surface area (Å²) in [5.41, 5.74) is 5.70. The number of hydrogen-bond acceptors (Lipinski definition) is 4. The van der Waals surface area contributed by atoms with Crippen LogP contribution < -0.4 is 21.1 Å². The number of nitrogens with one attached hydrogen (secondary N) is 3. The highest BCUT2D eigenvalue weighted by Crippen LogP contribution is 2.22. The van der Waals surface area contributed by atoms with Crippen molar-refractivity contribution in [1.82, 2.24) is 15.8 Å². The van der Waals surface area contributed by atoms with E-state index in [9.17, 15) is 14.4 Å². The number of fused-ring (bicyclic) bond motifs is 1. The standard InChI is InChI=1S/C19H15Cl2N3O4/c20-14-4-1-11(7-15(14)21)8-18(26)23-24-19(27)10-28-13-3-5-16-12(9-13)2-6-17(25)22-16/h1-7,9H,8,10H2,(H,22,25)(H,23,26)(H,24,27). The molecule has 2 amide bonds. The molecule has 0 saturated heterocycles. The Morgan fingerprint density at radius 1 is 0.929 bits per heavy atom. The summed E-state index contributed by atoms with van der Waals surface area (Å²) in [7, 11) is 0. The van der Waals surface area contributed by atoms with Gasteiger partial charge in [-0.1, -0.05) is 29.3 Å². The Hall–Kier alpha value is -3.03. The number of ether oxygens (including phenoxy) is 1. The summed E-state index contributed by atoms with van der Waals surface area (Å²) >= 11 is 11.7. The topological polar surface area (TPSA) is 100 Å². The molecule has 0 saturated carbocycles. The summed E-state index contributed by atoms with van der Waals surface area (Å²) in [5, 5.41) is 1.52. The maximum atomic E-state index is 11.9. The fraction of sp³-hybridized carbons (Fsp3) is 0.105. The minimum atomic E-state index is -0.524. The second-order valence-corrected chi connectivity index (χ2v) is 6.70. The van der Waals surface area contributed by atoms with Crippen LogP contribution in [0.2, 0.25) is 10.0 Å². The first-order chi connectivity index (χ1) is 13.4. The molecule has 7 nitrogen and oxygen atoms in total. The van der Waals surface area contributed by atoms with Crippen LogP contribution in [-0.2, 0) is 16.0 Å². The van der Waals surface area contributed by atoms with Crippen molar-refractivity contribution < 1.29 is 14.3 Å². The number of carbonyl (C=O) groups excluding carboxylic acids is 2. The summed E-state index contributed by atoms with van der Waals surface area (Å²) in [6.07, 6.45) is 0.0287. The lowest BCUT2D eigenvalue weighted by molar-refractivity contribution is -0.129. The molecule has 0 bridgehead atoms. The third-order valence-electron chi connectivity index (χ3n) is 3.76. The molecule has 1 aromatic heterocycles. The average molecular weight is 420 g/mol. The zero-order valence-electron chi connectivity index (χ0n) is 14.4. The maximum absolute atomic E-state index is 11.9. The number of aromatic amines is 1. The lowest BCUT2D eigenvalue weighted by Crippen LogP contribution is -2.44. The molecule has 9 heteroatoms. The van der Waals surface area contributed by atoms with E-state index >= 15 is 0 Å². The summed E-state index contributed by atoms with van der Waals surface area (Å²) in [6.45, 7) is -0.290. The first kappa shape index (κ1) is 19.7. The van der Waals surface area contributed by atoms with E-state index in [4.69, 9.17) is 27.9 Å². The van der Waals surface area contributed by atoms with Crippen LogP contribution in [0.15, 0.2) is 53.3 Å². The summed E-state index contributed by atoms with van der Waals surface area (Å²) < 4.78 is 5.40. The van der Waals surface area contributed by atoms with Gasteiger partial charge < -0.3 is 9.72 Å². The number of hydrazine groups is 1. The molecule has 0 aliphatic heterocycles. The molecule has 1 heterocycles. The Morgan fingerprint density at radius 2 is 1.71 bits per heavy atom. The van der Waals surface area contributed by atoms with Crippen molar-refractivity contribution in [1.29, 1.82) is 0 Å². The Labute approximate surface area is 169 Å².